The van der Waals surface area contributed by atoms with Crippen molar-refractivity contribution < 1.29 is 19.1 Å². The predicted octanol–water partition coefficient (Wildman–Crippen LogP) is 4.08. The van der Waals surface area contributed by atoms with Crippen molar-refractivity contribution in [2.24, 2.45) is 5.92 Å². The van der Waals surface area contributed by atoms with Gasteiger partial charge in [0.15, 0.2) is 0 Å². The molecule has 2 aromatic rings. The number of benzene rings is 1. The van der Waals surface area contributed by atoms with Gasteiger partial charge < -0.3 is 19.3 Å². The van der Waals surface area contributed by atoms with Crippen molar-refractivity contribution in [2.45, 2.75) is 39.7 Å². The second-order valence-electron chi connectivity index (χ2n) is 8.50. The Morgan fingerprint density at radius 1 is 1.25 bits per heavy atom. The summed E-state index contributed by atoms with van der Waals surface area (Å²) in [6.45, 7) is 7.83. The molecular formula is C25H34N2O4S. The molecule has 0 fully saturated rings. The smallest absolute Gasteiger partial charge is 0.249 e. The van der Waals surface area contributed by atoms with E-state index in [2.05, 4.69) is 25.3 Å². The van der Waals surface area contributed by atoms with Crippen LogP contribution in [0.1, 0.15) is 42.3 Å². The lowest BCUT2D eigenvalue weighted by Gasteiger charge is -2.37. The molecule has 0 aliphatic carbocycles. The van der Waals surface area contributed by atoms with Crippen LogP contribution in [0.4, 0.5) is 0 Å². The summed E-state index contributed by atoms with van der Waals surface area (Å²) in [6, 6.07) is 9.87. The van der Waals surface area contributed by atoms with Crippen molar-refractivity contribution in [3.63, 3.8) is 0 Å². The van der Waals surface area contributed by atoms with Crippen LogP contribution < -0.4 is 4.74 Å². The molecule has 0 radical (unpaired) electrons. The van der Waals surface area contributed by atoms with Gasteiger partial charge in [-0.25, -0.2) is 0 Å². The van der Waals surface area contributed by atoms with Crippen LogP contribution >= 0.6 is 11.3 Å². The van der Waals surface area contributed by atoms with Gasteiger partial charge in [-0.15, -0.1) is 11.3 Å². The highest BCUT2D eigenvalue weighted by Crippen LogP contribution is 2.34. The Kier molecular flexibility index (Phi) is 8.70. The van der Waals surface area contributed by atoms with Crippen molar-refractivity contribution in [1.29, 1.82) is 0 Å². The molecule has 1 aromatic carbocycles. The zero-order valence-corrected chi connectivity index (χ0v) is 20.3. The number of carbonyl (C=O) groups excluding carboxylic acids is 2. The number of thiophene rings is 1. The van der Waals surface area contributed by atoms with Crippen molar-refractivity contribution in [1.82, 2.24) is 9.80 Å². The molecule has 1 aromatic heterocycles. The highest BCUT2D eigenvalue weighted by atomic mass is 32.1. The average Bonchev–Trinajstić information content (AvgIpc) is 3.27. The fraction of sp³-hybridized carbons (Fsp3) is 0.520. The van der Waals surface area contributed by atoms with E-state index in [9.17, 15) is 9.59 Å². The quantitative estimate of drug-likeness (QED) is 0.538. The van der Waals surface area contributed by atoms with E-state index in [1.54, 1.807) is 16.2 Å². The molecule has 0 spiro atoms. The Bertz CT molecular complexity index is 896. The lowest BCUT2D eigenvalue weighted by Crippen LogP contribution is -2.49. The third-order valence-corrected chi connectivity index (χ3v) is 7.02. The van der Waals surface area contributed by atoms with Gasteiger partial charge in [-0.2, -0.15) is 0 Å². The molecule has 3 rings (SSSR count). The summed E-state index contributed by atoms with van der Waals surface area (Å²) >= 11 is 1.73. The van der Waals surface area contributed by atoms with Gasteiger partial charge >= 0.3 is 0 Å². The van der Waals surface area contributed by atoms with E-state index >= 15 is 0 Å². The van der Waals surface area contributed by atoms with Crippen molar-refractivity contribution >= 4 is 23.2 Å². The maximum Gasteiger partial charge on any atom is 0.249 e. The number of fused-ring (bicyclic) bond motifs is 1. The largest absolute Gasteiger partial charge is 0.491 e. The highest BCUT2D eigenvalue weighted by Gasteiger charge is 2.33. The van der Waals surface area contributed by atoms with E-state index in [0.29, 0.717) is 25.6 Å². The first-order chi connectivity index (χ1) is 15.4. The van der Waals surface area contributed by atoms with Gasteiger partial charge in [-0.3, -0.25) is 9.59 Å². The number of hydrogen-bond acceptors (Lipinski definition) is 5. The molecule has 2 heterocycles. The number of hydrogen-bond donors (Lipinski definition) is 0. The summed E-state index contributed by atoms with van der Waals surface area (Å²) < 4.78 is 11.1. The van der Waals surface area contributed by atoms with Gasteiger partial charge in [-0.05, 0) is 48.4 Å². The third kappa shape index (κ3) is 6.11. The van der Waals surface area contributed by atoms with Crippen molar-refractivity contribution in [2.75, 3.05) is 40.0 Å². The molecule has 6 nitrogen and oxygen atoms in total. The molecule has 1 aliphatic heterocycles. The van der Waals surface area contributed by atoms with Gasteiger partial charge in [0.25, 0.3) is 0 Å². The van der Waals surface area contributed by atoms with Crippen LogP contribution in [-0.4, -0.2) is 61.6 Å². The molecule has 2 unspecified atom stereocenters. The number of rotatable bonds is 10. The molecule has 0 saturated heterocycles. The first-order valence-electron chi connectivity index (χ1n) is 11.2. The normalized spacial score (nSPS) is 16.4. The summed E-state index contributed by atoms with van der Waals surface area (Å²) in [5.41, 5.74) is 2.33. The van der Waals surface area contributed by atoms with E-state index in [-0.39, 0.29) is 31.0 Å². The van der Waals surface area contributed by atoms with Gasteiger partial charge in [0.1, 0.15) is 19.0 Å². The average molecular weight is 459 g/mol. The van der Waals surface area contributed by atoms with Crippen molar-refractivity contribution in [3.8, 4) is 5.75 Å². The zero-order valence-electron chi connectivity index (χ0n) is 19.5. The second-order valence-corrected chi connectivity index (χ2v) is 9.50. The predicted molar refractivity (Wildman–Crippen MR) is 127 cm³/mol. The molecule has 0 N–H and O–H groups in total. The maximum absolute atomic E-state index is 13.4. The molecule has 0 bridgehead atoms. The molecule has 7 heteroatoms. The van der Waals surface area contributed by atoms with Gasteiger partial charge in [-0.1, -0.05) is 38.0 Å². The van der Waals surface area contributed by atoms with Crippen LogP contribution in [0.5, 0.6) is 5.75 Å². The van der Waals surface area contributed by atoms with Crippen LogP contribution in [-0.2, 0) is 20.7 Å². The number of aryl methyl sites for hydroxylation is 1. The number of methoxy groups -OCH3 is 1. The maximum atomic E-state index is 13.4. The van der Waals surface area contributed by atoms with E-state index in [4.69, 9.17) is 9.47 Å². The lowest BCUT2D eigenvalue weighted by atomic mass is 10.00. The summed E-state index contributed by atoms with van der Waals surface area (Å²) in [4.78, 5) is 30.8. The Balaban J connectivity index is 1.75. The van der Waals surface area contributed by atoms with E-state index in [0.717, 1.165) is 24.2 Å². The minimum absolute atomic E-state index is 0.0155. The van der Waals surface area contributed by atoms with Gasteiger partial charge in [0.05, 0.1) is 12.6 Å². The first-order valence-corrected chi connectivity index (χ1v) is 12.1. The second kappa shape index (κ2) is 11.5. The lowest BCUT2D eigenvalue weighted by molar-refractivity contribution is -0.145. The van der Waals surface area contributed by atoms with E-state index < -0.39 is 0 Å². The molecule has 32 heavy (non-hydrogen) atoms. The zero-order chi connectivity index (χ0) is 23.1. The molecule has 1 aliphatic rings. The van der Waals surface area contributed by atoms with E-state index in [1.165, 1.54) is 17.6 Å². The van der Waals surface area contributed by atoms with Crippen LogP contribution in [0.3, 0.4) is 0 Å². The minimum atomic E-state index is -0.165. The van der Waals surface area contributed by atoms with Gasteiger partial charge in [0, 0.05) is 25.1 Å². The molecule has 0 saturated carbocycles. The summed E-state index contributed by atoms with van der Waals surface area (Å²) in [6.07, 6.45) is 1.77. The van der Waals surface area contributed by atoms with Crippen LogP contribution in [0.2, 0.25) is 0 Å². The molecular weight excluding hydrogens is 424 g/mol. The van der Waals surface area contributed by atoms with Gasteiger partial charge in [0.2, 0.25) is 11.8 Å². The fourth-order valence-electron chi connectivity index (χ4n) is 3.91. The highest BCUT2D eigenvalue weighted by molar-refractivity contribution is 7.10. The first kappa shape index (κ1) is 24.3. The minimum Gasteiger partial charge on any atom is -0.491 e. The Labute approximate surface area is 195 Å². The Hall–Kier alpha value is -2.38. The summed E-state index contributed by atoms with van der Waals surface area (Å²) in [7, 11) is 1.50. The van der Waals surface area contributed by atoms with Crippen LogP contribution in [0.25, 0.3) is 0 Å². The number of nitrogens with zero attached hydrogens (tertiary/aromatic N) is 2. The standard InChI is InChI=1S/C25H34N2O4S/c1-5-18(2)14-26(25(29)17-30-4)15-24(28)27-12-10-23-21(11-13-32-23)22(27)16-31-20-8-6-19(3)7-9-20/h6-9,11,13,18,22H,5,10,12,14-17H2,1-4H3. The topological polar surface area (TPSA) is 59.1 Å². The Morgan fingerprint density at radius 3 is 2.69 bits per heavy atom. The third-order valence-electron chi connectivity index (χ3n) is 6.02. The number of amides is 2. The fourth-order valence-corrected chi connectivity index (χ4v) is 4.84. The number of ether oxygens (including phenoxy) is 2. The molecule has 174 valence electrons. The summed E-state index contributed by atoms with van der Waals surface area (Å²) in [5.74, 6) is 0.905. The monoisotopic (exact) mass is 458 g/mol. The summed E-state index contributed by atoms with van der Waals surface area (Å²) in [5, 5.41) is 2.08. The van der Waals surface area contributed by atoms with E-state index in [1.807, 2.05) is 36.1 Å². The van der Waals surface area contributed by atoms with Crippen LogP contribution in [0, 0.1) is 12.8 Å². The molecule has 2 atom stereocenters. The van der Waals surface area contributed by atoms with Crippen molar-refractivity contribution in [3.05, 3.63) is 51.7 Å². The molecule has 2 amide bonds. The Morgan fingerprint density at radius 2 is 2.00 bits per heavy atom. The SMILES string of the molecule is CCC(C)CN(CC(=O)N1CCc2sccc2C1COc1ccc(C)cc1)C(=O)COC. The number of carbonyl (C=O) groups is 2. The van der Waals surface area contributed by atoms with Crippen LogP contribution in [0.15, 0.2) is 35.7 Å².